The number of hydrogen-bond donors (Lipinski definition) is 4. The number of aryl methyl sites for hydroxylation is 1. The summed E-state index contributed by atoms with van der Waals surface area (Å²) in [6.07, 6.45) is 3.44. The third kappa shape index (κ3) is 8.64. The maximum absolute atomic E-state index is 5.61. The average molecular weight is 593 g/mol. The molecule has 216 valence electrons. The third-order valence-corrected chi connectivity index (χ3v) is 8.30. The Kier molecular flexibility index (Phi) is 10.4. The Morgan fingerprint density at radius 1 is 0.902 bits per heavy atom. The number of anilines is 5. The lowest BCUT2D eigenvalue weighted by atomic mass is 10.2. The molecule has 0 bridgehead atoms. The smallest absolute Gasteiger partial charge is 0.201 e. The summed E-state index contributed by atoms with van der Waals surface area (Å²) < 4.78 is 10.6. The summed E-state index contributed by atoms with van der Waals surface area (Å²) in [5.41, 5.74) is 18.3. The number of ether oxygens (including phenoxy) is 2. The minimum Gasteiger partial charge on any atom is -0.385 e. The highest BCUT2D eigenvalue weighted by molar-refractivity contribution is 7.20. The Bertz CT molecular complexity index is 1400. The molecule has 41 heavy (non-hydrogen) atoms. The van der Waals surface area contributed by atoms with Crippen molar-refractivity contribution < 1.29 is 9.47 Å². The highest BCUT2D eigenvalue weighted by Gasteiger charge is 2.14. The van der Waals surface area contributed by atoms with Gasteiger partial charge in [0.1, 0.15) is 5.00 Å². The number of thiophene rings is 1. The normalized spacial score (nSPS) is 13.2. The molecule has 0 unspecified atom stereocenters. The van der Waals surface area contributed by atoms with Crippen molar-refractivity contribution in [3.05, 3.63) is 71.2 Å². The van der Waals surface area contributed by atoms with Gasteiger partial charge in [0.15, 0.2) is 0 Å². The van der Waals surface area contributed by atoms with Crippen LogP contribution in [-0.4, -0.2) is 38.4 Å². The zero-order chi connectivity index (χ0) is 28.3. The van der Waals surface area contributed by atoms with E-state index in [9.17, 15) is 0 Å². The molecule has 2 aromatic heterocycles. The first-order valence-corrected chi connectivity index (χ1v) is 15.4. The lowest BCUT2D eigenvalue weighted by Crippen LogP contribution is -2.15. The maximum Gasteiger partial charge on any atom is 0.201 e. The van der Waals surface area contributed by atoms with E-state index in [1.807, 2.05) is 48.7 Å². The van der Waals surface area contributed by atoms with Gasteiger partial charge in [-0.15, -0.1) is 11.3 Å². The minimum absolute atomic E-state index is 0.492. The third-order valence-electron chi connectivity index (χ3n) is 6.43. The predicted octanol–water partition coefficient (Wildman–Crippen LogP) is 7.96. The monoisotopic (exact) mass is 592 g/mol. The standard InChI is InChI=1S/C29H36N8O2S2/c1-21-18-24(33-35-27-12-13-28(41-27)37-14-3-4-15-37)10-11-26(21)34-31-22-6-8-23(9-7-22)32-36-29-30-25(20-40-29)19-39-17-5-16-38-2/h6-13,18,20,32-33,35H,3-5,14-17,19H2,1-2H3,(H,30,36). The van der Waals surface area contributed by atoms with Gasteiger partial charge in [-0.2, -0.15) is 10.2 Å². The molecule has 2 aromatic carbocycles. The molecule has 12 heteroatoms. The van der Waals surface area contributed by atoms with Crippen LogP contribution in [0.25, 0.3) is 0 Å². The van der Waals surface area contributed by atoms with Crippen LogP contribution >= 0.6 is 22.7 Å². The summed E-state index contributed by atoms with van der Waals surface area (Å²) in [5.74, 6) is 0. The van der Waals surface area contributed by atoms with Gasteiger partial charge in [-0.1, -0.05) is 11.3 Å². The largest absolute Gasteiger partial charge is 0.385 e. The van der Waals surface area contributed by atoms with Gasteiger partial charge in [0.2, 0.25) is 5.13 Å². The van der Waals surface area contributed by atoms with Crippen LogP contribution in [0.5, 0.6) is 0 Å². The Labute approximate surface area is 248 Å². The summed E-state index contributed by atoms with van der Waals surface area (Å²) in [4.78, 5) is 6.97. The topological polar surface area (TPSA) is 107 Å². The summed E-state index contributed by atoms with van der Waals surface area (Å²) in [6, 6.07) is 18.1. The zero-order valence-corrected chi connectivity index (χ0v) is 25.0. The van der Waals surface area contributed by atoms with Crippen molar-refractivity contribution in [2.24, 2.45) is 10.2 Å². The first-order chi connectivity index (χ1) is 20.2. The van der Waals surface area contributed by atoms with E-state index < -0.39 is 0 Å². The summed E-state index contributed by atoms with van der Waals surface area (Å²) in [5, 5.41) is 14.1. The van der Waals surface area contributed by atoms with E-state index in [1.54, 1.807) is 18.4 Å². The molecule has 0 spiro atoms. The van der Waals surface area contributed by atoms with Crippen molar-refractivity contribution in [2.45, 2.75) is 32.8 Å². The summed E-state index contributed by atoms with van der Waals surface area (Å²) in [7, 11) is 1.69. The van der Waals surface area contributed by atoms with Gasteiger partial charge in [-0.05, 0) is 86.3 Å². The Hall–Kier alpha value is -3.71. The molecule has 0 amide bonds. The van der Waals surface area contributed by atoms with Crippen molar-refractivity contribution >= 4 is 60.6 Å². The fourth-order valence-corrected chi connectivity index (χ4v) is 5.80. The maximum atomic E-state index is 5.61. The molecule has 0 aliphatic carbocycles. The molecular formula is C29H36N8O2S2. The zero-order valence-electron chi connectivity index (χ0n) is 23.4. The van der Waals surface area contributed by atoms with Gasteiger partial charge >= 0.3 is 0 Å². The number of aromatic nitrogens is 1. The van der Waals surface area contributed by atoms with Gasteiger partial charge in [0, 0.05) is 38.8 Å². The minimum atomic E-state index is 0.492. The number of hydrazine groups is 2. The van der Waals surface area contributed by atoms with E-state index >= 15 is 0 Å². The van der Waals surface area contributed by atoms with Gasteiger partial charge in [0.25, 0.3) is 0 Å². The van der Waals surface area contributed by atoms with Crippen LogP contribution in [0.4, 0.5) is 37.9 Å². The van der Waals surface area contributed by atoms with Gasteiger partial charge in [-0.25, -0.2) is 4.98 Å². The molecule has 10 nitrogen and oxygen atoms in total. The first-order valence-electron chi connectivity index (χ1n) is 13.7. The van der Waals surface area contributed by atoms with E-state index in [-0.39, 0.29) is 0 Å². The lowest BCUT2D eigenvalue weighted by Gasteiger charge is -2.14. The number of rotatable bonds is 15. The predicted molar refractivity (Wildman–Crippen MR) is 170 cm³/mol. The second kappa shape index (κ2) is 14.8. The van der Waals surface area contributed by atoms with Crippen molar-refractivity contribution in [3.8, 4) is 0 Å². The molecule has 0 saturated carbocycles. The van der Waals surface area contributed by atoms with Crippen LogP contribution in [0.1, 0.15) is 30.5 Å². The van der Waals surface area contributed by atoms with Crippen LogP contribution in [0.2, 0.25) is 0 Å². The number of nitrogens with one attached hydrogen (secondary N) is 4. The summed E-state index contributed by atoms with van der Waals surface area (Å²) in [6.45, 7) is 6.20. The van der Waals surface area contributed by atoms with Crippen molar-refractivity contribution in [3.63, 3.8) is 0 Å². The molecule has 4 aromatic rings. The summed E-state index contributed by atoms with van der Waals surface area (Å²) >= 11 is 3.29. The lowest BCUT2D eigenvalue weighted by molar-refractivity contribution is 0.0913. The second-order valence-electron chi connectivity index (χ2n) is 9.62. The molecule has 4 N–H and O–H groups in total. The van der Waals surface area contributed by atoms with Crippen LogP contribution in [0.3, 0.4) is 0 Å². The Morgan fingerprint density at radius 2 is 1.71 bits per heavy atom. The molecular weight excluding hydrogens is 557 g/mol. The molecule has 3 heterocycles. The van der Waals surface area contributed by atoms with Crippen molar-refractivity contribution in [2.75, 3.05) is 60.0 Å². The van der Waals surface area contributed by atoms with Crippen LogP contribution in [0.15, 0.2) is 70.2 Å². The molecule has 1 fully saturated rings. The van der Waals surface area contributed by atoms with E-state index in [4.69, 9.17) is 9.47 Å². The van der Waals surface area contributed by atoms with Crippen LogP contribution < -0.4 is 26.6 Å². The van der Waals surface area contributed by atoms with E-state index in [0.29, 0.717) is 19.8 Å². The highest BCUT2D eigenvalue weighted by Crippen LogP contribution is 2.32. The van der Waals surface area contributed by atoms with Crippen molar-refractivity contribution in [1.82, 2.24) is 4.98 Å². The molecule has 0 atom stereocenters. The Morgan fingerprint density at radius 3 is 2.51 bits per heavy atom. The SMILES string of the molecule is COCCCOCc1csc(NNc2ccc(N=Nc3ccc(NNc4ccc(N5CCCC5)s4)cc3C)cc2)n1. The number of methoxy groups -OCH3 is 1. The van der Waals surface area contributed by atoms with Gasteiger partial charge in [-0.3, -0.25) is 16.3 Å². The molecule has 1 saturated heterocycles. The highest BCUT2D eigenvalue weighted by atomic mass is 32.1. The quantitative estimate of drug-likeness (QED) is 0.0626. The van der Waals surface area contributed by atoms with Gasteiger partial charge < -0.3 is 19.8 Å². The van der Waals surface area contributed by atoms with Crippen LogP contribution in [-0.2, 0) is 16.1 Å². The number of azo groups is 1. The fraction of sp³-hybridized carbons (Fsp3) is 0.345. The molecule has 1 aliphatic rings. The van der Waals surface area contributed by atoms with E-state index in [0.717, 1.165) is 63.6 Å². The number of benzene rings is 2. The van der Waals surface area contributed by atoms with Crippen LogP contribution in [0, 0.1) is 6.92 Å². The fourth-order valence-electron chi connectivity index (χ4n) is 4.24. The molecule has 5 rings (SSSR count). The second-order valence-corrected chi connectivity index (χ2v) is 11.5. The van der Waals surface area contributed by atoms with E-state index in [2.05, 4.69) is 60.0 Å². The molecule has 1 aliphatic heterocycles. The Balaban J connectivity index is 1.06. The average Bonchev–Trinajstić information content (AvgIpc) is 3.77. The molecule has 0 radical (unpaired) electrons. The number of nitrogens with zero attached hydrogens (tertiary/aromatic N) is 4. The first kappa shape index (κ1) is 28.8. The van der Waals surface area contributed by atoms with Gasteiger partial charge in [0.05, 0.1) is 40.1 Å². The number of thiazole rings is 1. The van der Waals surface area contributed by atoms with Crippen molar-refractivity contribution in [1.29, 1.82) is 0 Å². The number of hydrogen-bond acceptors (Lipinski definition) is 12. The van der Waals surface area contributed by atoms with E-state index in [1.165, 1.54) is 29.2 Å².